The number of esters is 1. The Balaban J connectivity index is 1.48. The van der Waals surface area contributed by atoms with E-state index < -0.39 is 5.97 Å². The second-order valence-corrected chi connectivity index (χ2v) is 7.28. The molecule has 0 spiro atoms. The van der Waals surface area contributed by atoms with E-state index in [0.29, 0.717) is 17.5 Å². The van der Waals surface area contributed by atoms with Crippen molar-refractivity contribution >= 4 is 28.2 Å². The number of rotatable bonds is 4. The fraction of sp³-hybridized carbons (Fsp3) is 0.562. The predicted octanol–water partition coefficient (Wildman–Crippen LogP) is 1.99. The van der Waals surface area contributed by atoms with Gasteiger partial charge >= 0.3 is 5.97 Å². The van der Waals surface area contributed by atoms with Crippen LogP contribution in [-0.4, -0.2) is 45.9 Å². The molecule has 0 unspecified atom stereocenters. The third kappa shape index (κ3) is 3.90. The highest BCUT2D eigenvalue weighted by atomic mass is 32.1. The Morgan fingerprint density at radius 2 is 2.09 bits per heavy atom. The van der Waals surface area contributed by atoms with Gasteiger partial charge in [0.1, 0.15) is 0 Å². The molecule has 6 nitrogen and oxygen atoms in total. The highest BCUT2D eigenvalue weighted by molar-refractivity contribution is 7.15. The third-order valence-corrected chi connectivity index (χ3v) is 4.82. The van der Waals surface area contributed by atoms with Crippen LogP contribution in [0.1, 0.15) is 26.0 Å². The number of likely N-dealkylation sites (tertiary alicyclic amines) is 1. The summed E-state index contributed by atoms with van der Waals surface area (Å²) in [4.78, 5) is 31.1. The summed E-state index contributed by atoms with van der Waals surface area (Å²) in [5, 5.41) is 1.93. The molecule has 0 bridgehead atoms. The van der Waals surface area contributed by atoms with Gasteiger partial charge in [0, 0.05) is 30.9 Å². The zero-order valence-electron chi connectivity index (χ0n) is 13.4. The van der Waals surface area contributed by atoms with Crippen molar-refractivity contribution in [1.29, 1.82) is 0 Å². The Bertz CT molecular complexity index is 670. The Morgan fingerprint density at radius 1 is 1.35 bits per heavy atom. The van der Waals surface area contributed by atoms with Crippen molar-refractivity contribution in [3.8, 4) is 0 Å². The van der Waals surface area contributed by atoms with Gasteiger partial charge in [-0.05, 0) is 18.3 Å². The largest absolute Gasteiger partial charge is 0.455 e. The molecule has 0 N–H and O–H groups in total. The number of ether oxygens (including phenoxy) is 1. The highest BCUT2D eigenvalue weighted by Crippen LogP contribution is 2.21. The van der Waals surface area contributed by atoms with Crippen molar-refractivity contribution in [2.75, 3.05) is 19.7 Å². The first kappa shape index (κ1) is 16.0. The number of carbonyl (C=O) groups excluding carboxylic acids is 2. The van der Waals surface area contributed by atoms with Crippen LogP contribution < -0.4 is 0 Å². The number of thiazole rings is 1. The standard InChI is InChI=1S/C16H21N3O3S/c1-11-5-12(2)8-19(7-11)14(20)10-22-15(21)6-13-9-18-3-4-23-16(18)17-13/h3-4,9,11-12H,5-8,10H2,1-2H3/t11-,12-/m0/s1. The van der Waals surface area contributed by atoms with Crippen LogP contribution in [0.2, 0.25) is 0 Å². The van der Waals surface area contributed by atoms with Crippen LogP contribution in [0, 0.1) is 11.8 Å². The molecular weight excluding hydrogens is 314 g/mol. The molecule has 0 aromatic carbocycles. The van der Waals surface area contributed by atoms with Crippen LogP contribution in [0.3, 0.4) is 0 Å². The maximum Gasteiger partial charge on any atom is 0.312 e. The SMILES string of the molecule is C[C@H]1C[C@H](C)CN(C(=O)COC(=O)Cc2cn3ccsc3n2)C1. The van der Waals surface area contributed by atoms with Crippen molar-refractivity contribution in [2.45, 2.75) is 26.7 Å². The van der Waals surface area contributed by atoms with Crippen LogP contribution in [0.15, 0.2) is 17.8 Å². The summed E-state index contributed by atoms with van der Waals surface area (Å²) < 4.78 is 7.00. The van der Waals surface area contributed by atoms with Gasteiger partial charge in [0.15, 0.2) is 11.6 Å². The number of amides is 1. The van der Waals surface area contributed by atoms with E-state index in [1.165, 1.54) is 11.3 Å². The molecule has 124 valence electrons. The molecule has 2 aromatic rings. The van der Waals surface area contributed by atoms with E-state index in [2.05, 4.69) is 18.8 Å². The quantitative estimate of drug-likeness (QED) is 0.802. The number of carbonyl (C=O) groups is 2. The summed E-state index contributed by atoms with van der Waals surface area (Å²) in [6, 6.07) is 0. The predicted molar refractivity (Wildman–Crippen MR) is 87.3 cm³/mol. The molecule has 3 rings (SSSR count). The zero-order valence-corrected chi connectivity index (χ0v) is 14.2. The summed E-state index contributed by atoms with van der Waals surface area (Å²) in [6.07, 6.45) is 4.93. The molecule has 1 aliphatic rings. The number of piperidine rings is 1. The molecule has 1 fully saturated rings. The normalized spacial score (nSPS) is 21.6. The summed E-state index contributed by atoms with van der Waals surface area (Å²) in [5.41, 5.74) is 0.662. The summed E-state index contributed by atoms with van der Waals surface area (Å²) in [7, 11) is 0. The summed E-state index contributed by atoms with van der Waals surface area (Å²) >= 11 is 1.51. The van der Waals surface area contributed by atoms with Gasteiger partial charge in [-0.3, -0.25) is 14.0 Å². The van der Waals surface area contributed by atoms with Gasteiger partial charge in [0.25, 0.3) is 5.91 Å². The van der Waals surface area contributed by atoms with E-state index in [-0.39, 0.29) is 18.9 Å². The van der Waals surface area contributed by atoms with E-state index in [0.717, 1.165) is 24.5 Å². The second-order valence-electron chi connectivity index (χ2n) is 6.41. The molecule has 0 radical (unpaired) electrons. The van der Waals surface area contributed by atoms with Crippen molar-refractivity contribution in [3.05, 3.63) is 23.5 Å². The smallest absolute Gasteiger partial charge is 0.312 e. The zero-order chi connectivity index (χ0) is 16.4. The van der Waals surface area contributed by atoms with Gasteiger partial charge in [0.05, 0.1) is 12.1 Å². The lowest BCUT2D eigenvalue weighted by Gasteiger charge is -2.34. The summed E-state index contributed by atoms with van der Waals surface area (Å²) in [5.74, 6) is 0.471. The van der Waals surface area contributed by atoms with E-state index in [1.807, 2.05) is 22.2 Å². The van der Waals surface area contributed by atoms with Crippen LogP contribution in [0.4, 0.5) is 0 Å². The van der Waals surface area contributed by atoms with E-state index in [4.69, 9.17) is 4.74 Å². The van der Waals surface area contributed by atoms with Crippen LogP contribution in [-0.2, 0) is 20.7 Å². The Hall–Kier alpha value is -1.89. The molecule has 23 heavy (non-hydrogen) atoms. The van der Waals surface area contributed by atoms with Gasteiger partial charge in [-0.15, -0.1) is 11.3 Å². The minimum atomic E-state index is -0.415. The summed E-state index contributed by atoms with van der Waals surface area (Å²) in [6.45, 7) is 5.61. The first-order valence-electron chi connectivity index (χ1n) is 7.85. The Labute approximate surface area is 139 Å². The van der Waals surface area contributed by atoms with Crippen molar-refractivity contribution < 1.29 is 14.3 Å². The van der Waals surface area contributed by atoms with E-state index in [9.17, 15) is 9.59 Å². The van der Waals surface area contributed by atoms with Crippen molar-refractivity contribution in [3.63, 3.8) is 0 Å². The van der Waals surface area contributed by atoms with Crippen LogP contribution >= 0.6 is 11.3 Å². The molecule has 2 atom stereocenters. The molecular formula is C16H21N3O3S. The van der Waals surface area contributed by atoms with Crippen molar-refractivity contribution in [1.82, 2.24) is 14.3 Å². The maximum atomic E-state index is 12.2. The van der Waals surface area contributed by atoms with Gasteiger partial charge < -0.3 is 9.64 Å². The Morgan fingerprint density at radius 3 is 2.78 bits per heavy atom. The molecule has 1 amide bonds. The monoisotopic (exact) mass is 335 g/mol. The first-order valence-corrected chi connectivity index (χ1v) is 8.73. The number of aromatic nitrogens is 2. The molecule has 0 saturated carbocycles. The molecule has 7 heteroatoms. The lowest BCUT2D eigenvalue weighted by molar-refractivity contribution is -0.152. The minimum Gasteiger partial charge on any atom is -0.455 e. The fourth-order valence-corrected chi connectivity index (χ4v) is 3.88. The van der Waals surface area contributed by atoms with Gasteiger partial charge in [0.2, 0.25) is 0 Å². The molecule has 2 aromatic heterocycles. The average Bonchev–Trinajstić information content (AvgIpc) is 3.04. The van der Waals surface area contributed by atoms with Gasteiger partial charge in [-0.25, -0.2) is 4.98 Å². The highest BCUT2D eigenvalue weighted by Gasteiger charge is 2.26. The third-order valence-electron chi connectivity index (χ3n) is 4.05. The molecule has 1 saturated heterocycles. The number of hydrogen-bond acceptors (Lipinski definition) is 5. The van der Waals surface area contributed by atoms with Gasteiger partial charge in [-0.1, -0.05) is 13.8 Å². The van der Waals surface area contributed by atoms with E-state index in [1.54, 1.807) is 4.90 Å². The fourth-order valence-electron chi connectivity index (χ4n) is 3.16. The van der Waals surface area contributed by atoms with Gasteiger partial charge in [-0.2, -0.15) is 0 Å². The number of nitrogens with zero attached hydrogens (tertiary/aromatic N) is 3. The lowest BCUT2D eigenvalue weighted by Crippen LogP contribution is -2.44. The average molecular weight is 335 g/mol. The lowest BCUT2D eigenvalue weighted by atomic mass is 9.92. The molecule has 0 aliphatic carbocycles. The van der Waals surface area contributed by atoms with Crippen LogP contribution in [0.25, 0.3) is 4.96 Å². The minimum absolute atomic E-state index is 0.0918. The molecule has 3 heterocycles. The first-order chi connectivity index (χ1) is 11.0. The maximum absolute atomic E-state index is 12.2. The number of fused-ring (bicyclic) bond motifs is 1. The van der Waals surface area contributed by atoms with E-state index >= 15 is 0 Å². The number of imidazole rings is 1. The topological polar surface area (TPSA) is 63.9 Å². The second kappa shape index (κ2) is 6.70. The Kier molecular flexibility index (Phi) is 4.66. The molecule has 1 aliphatic heterocycles. The van der Waals surface area contributed by atoms with Crippen molar-refractivity contribution in [2.24, 2.45) is 11.8 Å². The number of hydrogen-bond donors (Lipinski definition) is 0. The van der Waals surface area contributed by atoms with Crippen LogP contribution in [0.5, 0.6) is 0 Å².